The summed E-state index contributed by atoms with van der Waals surface area (Å²) in [6.45, 7) is 0.724. The van der Waals surface area contributed by atoms with Crippen molar-refractivity contribution in [2.24, 2.45) is 4.99 Å². The Hall–Kier alpha value is -0.990. The second-order valence-corrected chi connectivity index (χ2v) is 4.08. The largest absolute Gasteiger partial charge is 0.272 e. The molecule has 0 unspecified atom stereocenters. The Kier molecular flexibility index (Phi) is 5.12. The molecule has 0 aliphatic rings. The van der Waals surface area contributed by atoms with Crippen molar-refractivity contribution < 1.29 is 0 Å². The third-order valence-corrected chi connectivity index (χ3v) is 2.94. The molecular formula is C9H11N3S2. The van der Waals surface area contributed by atoms with Crippen molar-refractivity contribution in [3.05, 3.63) is 22.4 Å². The lowest BCUT2D eigenvalue weighted by Crippen LogP contribution is -2.13. The molecule has 1 aromatic heterocycles. The van der Waals surface area contributed by atoms with Gasteiger partial charge in [0, 0.05) is 6.54 Å². The standard InChI is InChI=1S/C9H11N3S2/c1-13-9(12-7-10)11-4-2-8-3-5-14-6-8/h3,5-6H,2,4H2,1H3,(H,11,12). The summed E-state index contributed by atoms with van der Waals surface area (Å²) in [5.74, 6) is 0. The van der Waals surface area contributed by atoms with Crippen LogP contribution in [0.1, 0.15) is 5.56 Å². The molecule has 0 aromatic carbocycles. The minimum atomic E-state index is 0.683. The molecule has 74 valence electrons. The molecule has 0 saturated carbocycles. The molecule has 0 bridgehead atoms. The van der Waals surface area contributed by atoms with Crippen LogP contribution in [-0.2, 0) is 6.42 Å². The fourth-order valence-corrected chi connectivity index (χ4v) is 2.00. The first kappa shape index (κ1) is 11.1. The van der Waals surface area contributed by atoms with E-state index in [0.29, 0.717) is 5.17 Å². The van der Waals surface area contributed by atoms with Crippen molar-refractivity contribution >= 4 is 28.3 Å². The van der Waals surface area contributed by atoms with Gasteiger partial charge in [0.25, 0.3) is 0 Å². The first-order chi connectivity index (χ1) is 6.86. The molecule has 1 aromatic rings. The molecule has 0 fully saturated rings. The van der Waals surface area contributed by atoms with Crippen LogP contribution in [0.3, 0.4) is 0 Å². The number of rotatable bonds is 3. The molecular weight excluding hydrogens is 214 g/mol. The van der Waals surface area contributed by atoms with Crippen molar-refractivity contribution in [1.82, 2.24) is 5.32 Å². The van der Waals surface area contributed by atoms with E-state index >= 15 is 0 Å². The van der Waals surface area contributed by atoms with Gasteiger partial charge in [-0.1, -0.05) is 11.8 Å². The first-order valence-electron chi connectivity index (χ1n) is 4.11. The first-order valence-corrected chi connectivity index (χ1v) is 6.28. The topological polar surface area (TPSA) is 48.2 Å². The highest BCUT2D eigenvalue weighted by Crippen LogP contribution is 2.06. The molecule has 1 N–H and O–H groups in total. The van der Waals surface area contributed by atoms with Crippen LogP contribution in [0.15, 0.2) is 21.8 Å². The minimum Gasteiger partial charge on any atom is -0.272 e. The second-order valence-electron chi connectivity index (χ2n) is 2.51. The molecule has 5 heteroatoms. The number of hydrogen-bond donors (Lipinski definition) is 1. The van der Waals surface area contributed by atoms with Gasteiger partial charge in [0.1, 0.15) is 0 Å². The molecule has 1 rings (SSSR count). The normalized spacial score (nSPS) is 11.0. The molecule has 0 atom stereocenters. The predicted octanol–water partition coefficient (Wildman–Crippen LogP) is 2.08. The number of thiophene rings is 1. The summed E-state index contributed by atoms with van der Waals surface area (Å²) in [5, 5.41) is 15.8. The molecule has 0 amide bonds. The van der Waals surface area contributed by atoms with E-state index in [4.69, 9.17) is 5.26 Å². The number of nitrogens with zero attached hydrogens (tertiary/aromatic N) is 2. The van der Waals surface area contributed by atoms with E-state index in [1.807, 2.05) is 12.4 Å². The highest BCUT2D eigenvalue weighted by Gasteiger charge is 1.95. The van der Waals surface area contributed by atoms with E-state index < -0.39 is 0 Å². The van der Waals surface area contributed by atoms with Crippen LogP contribution in [0, 0.1) is 11.5 Å². The molecule has 0 saturated heterocycles. The molecule has 1 heterocycles. The molecule has 14 heavy (non-hydrogen) atoms. The Morgan fingerprint density at radius 2 is 2.64 bits per heavy atom. The Bertz CT molecular complexity index is 324. The highest BCUT2D eigenvalue weighted by molar-refractivity contribution is 8.13. The zero-order valence-electron chi connectivity index (χ0n) is 7.86. The fraction of sp³-hybridized carbons (Fsp3) is 0.333. The molecule has 3 nitrogen and oxygen atoms in total. The third kappa shape index (κ3) is 3.81. The molecule has 0 aliphatic carbocycles. The monoisotopic (exact) mass is 225 g/mol. The van der Waals surface area contributed by atoms with Gasteiger partial charge in [-0.25, -0.2) is 0 Å². The lowest BCUT2D eigenvalue weighted by Gasteiger charge is -1.98. The van der Waals surface area contributed by atoms with Crippen molar-refractivity contribution in [2.75, 3.05) is 12.8 Å². The second kappa shape index (κ2) is 6.46. The van der Waals surface area contributed by atoms with Gasteiger partial charge in [0.05, 0.1) is 0 Å². The summed E-state index contributed by atoms with van der Waals surface area (Å²) in [6, 6.07) is 2.09. The van der Waals surface area contributed by atoms with Gasteiger partial charge < -0.3 is 0 Å². The summed E-state index contributed by atoms with van der Waals surface area (Å²) in [6.07, 6.45) is 4.69. The van der Waals surface area contributed by atoms with Gasteiger partial charge >= 0.3 is 0 Å². The lowest BCUT2D eigenvalue weighted by atomic mass is 10.2. The number of nitriles is 1. The Morgan fingerprint density at radius 1 is 1.79 bits per heavy atom. The number of hydrogen-bond acceptors (Lipinski definition) is 4. The summed E-state index contributed by atoms with van der Waals surface area (Å²) in [4.78, 5) is 4.26. The van der Waals surface area contributed by atoms with Crippen LogP contribution < -0.4 is 5.32 Å². The Labute approximate surface area is 91.9 Å². The van der Waals surface area contributed by atoms with Gasteiger partial charge in [0.2, 0.25) is 0 Å². The van der Waals surface area contributed by atoms with E-state index in [2.05, 4.69) is 27.1 Å². The third-order valence-electron chi connectivity index (χ3n) is 1.59. The summed E-state index contributed by atoms with van der Waals surface area (Å²) >= 11 is 3.14. The van der Waals surface area contributed by atoms with Crippen molar-refractivity contribution in [2.45, 2.75) is 6.42 Å². The highest BCUT2D eigenvalue weighted by atomic mass is 32.2. The van der Waals surface area contributed by atoms with Gasteiger partial charge in [-0.2, -0.15) is 16.6 Å². The van der Waals surface area contributed by atoms with E-state index in [-0.39, 0.29) is 0 Å². The van der Waals surface area contributed by atoms with Gasteiger partial charge in [-0.3, -0.25) is 10.3 Å². The quantitative estimate of drug-likeness (QED) is 0.371. The maximum absolute atomic E-state index is 8.40. The van der Waals surface area contributed by atoms with Crippen molar-refractivity contribution in [3.8, 4) is 6.19 Å². The summed E-state index contributed by atoms with van der Waals surface area (Å²) < 4.78 is 0. The number of aliphatic imine (C=N–C) groups is 1. The van der Waals surface area contributed by atoms with Crippen LogP contribution >= 0.6 is 23.1 Å². The number of thioether (sulfide) groups is 1. The minimum absolute atomic E-state index is 0.683. The van der Waals surface area contributed by atoms with Gasteiger partial charge in [-0.15, -0.1) is 0 Å². The van der Waals surface area contributed by atoms with Gasteiger partial charge in [-0.05, 0) is 35.1 Å². The average Bonchev–Trinajstić information content (AvgIpc) is 2.69. The smallest absolute Gasteiger partial charge is 0.183 e. The summed E-state index contributed by atoms with van der Waals surface area (Å²) in [5.41, 5.74) is 1.30. The van der Waals surface area contributed by atoms with Crippen molar-refractivity contribution in [1.29, 1.82) is 5.26 Å². The molecule has 0 radical (unpaired) electrons. The van der Waals surface area contributed by atoms with Crippen LogP contribution in [-0.4, -0.2) is 18.0 Å². The Morgan fingerprint density at radius 3 is 3.21 bits per heavy atom. The van der Waals surface area contributed by atoms with Crippen LogP contribution in [0.2, 0.25) is 0 Å². The van der Waals surface area contributed by atoms with Crippen molar-refractivity contribution in [3.63, 3.8) is 0 Å². The maximum atomic E-state index is 8.40. The molecule has 0 spiro atoms. The average molecular weight is 225 g/mol. The predicted molar refractivity (Wildman–Crippen MR) is 62.6 cm³/mol. The fourth-order valence-electron chi connectivity index (χ4n) is 0.924. The van der Waals surface area contributed by atoms with Crippen LogP contribution in [0.5, 0.6) is 0 Å². The molecule has 0 aliphatic heterocycles. The number of amidine groups is 1. The SMILES string of the molecule is CSC(=NCCc1ccsc1)NC#N. The Balaban J connectivity index is 2.35. The van der Waals surface area contributed by atoms with E-state index in [1.54, 1.807) is 11.3 Å². The zero-order valence-corrected chi connectivity index (χ0v) is 9.49. The number of nitrogens with one attached hydrogen (secondary N) is 1. The lowest BCUT2D eigenvalue weighted by molar-refractivity contribution is 0.969. The van der Waals surface area contributed by atoms with E-state index in [9.17, 15) is 0 Å². The summed E-state index contributed by atoms with van der Waals surface area (Å²) in [7, 11) is 0. The van der Waals surface area contributed by atoms with E-state index in [1.165, 1.54) is 17.3 Å². The maximum Gasteiger partial charge on any atom is 0.183 e. The van der Waals surface area contributed by atoms with Crippen LogP contribution in [0.25, 0.3) is 0 Å². The van der Waals surface area contributed by atoms with Crippen LogP contribution in [0.4, 0.5) is 0 Å². The van der Waals surface area contributed by atoms with Gasteiger partial charge in [0.15, 0.2) is 11.4 Å². The van der Waals surface area contributed by atoms with E-state index in [0.717, 1.165) is 13.0 Å². The zero-order chi connectivity index (χ0) is 10.2.